The van der Waals surface area contributed by atoms with E-state index in [4.69, 9.17) is 0 Å². The molecule has 0 aliphatic rings. The van der Waals surface area contributed by atoms with E-state index in [1.807, 2.05) is 25.2 Å². The summed E-state index contributed by atoms with van der Waals surface area (Å²) in [6, 6.07) is 5.93. The van der Waals surface area contributed by atoms with Crippen molar-refractivity contribution >= 4 is 11.0 Å². The fraction of sp³-hybridized carbons (Fsp3) is 0.417. The monoisotopic (exact) mass is 204 g/mol. The minimum Gasteiger partial charge on any atom is -0.392 e. The molecule has 3 nitrogen and oxygen atoms in total. The van der Waals surface area contributed by atoms with E-state index in [-0.39, 0.29) is 6.61 Å². The van der Waals surface area contributed by atoms with Gasteiger partial charge in [0.05, 0.1) is 17.6 Å². The summed E-state index contributed by atoms with van der Waals surface area (Å²) in [7, 11) is 2.03. The van der Waals surface area contributed by atoms with E-state index in [0.29, 0.717) is 0 Å². The zero-order chi connectivity index (χ0) is 10.8. The molecule has 80 valence electrons. The van der Waals surface area contributed by atoms with E-state index < -0.39 is 0 Å². The fourth-order valence-corrected chi connectivity index (χ4v) is 1.90. The zero-order valence-corrected chi connectivity index (χ0v) is 9.20. The summed E-state index contributed by atoms with van der Waals surface area (Å²) in [6.07, 6.45) is 2.07. The smallest absolute Gasteiger partial charge is 0.109 e. The topological polar surface area (TPSA) is 38.1 Å². The van der Waals surface area contributed by atoms with Crippen LogP contribution in [-0.4, -0.2) is 14.7 Å². The SMILES string of the molecule is CCCc1nc2c(CO)cccc2n1C. The molecule has 0 amide bonds. The summed E-state index contributed by atoms with van der Waals surface area (Å²) in [5.41, 5.74) is 2.95. The summed E-state index contributed by atoms with van der Waals surface area (Å²) < 4.78 is 2.11. The predicted molar refractivity (Wildman–Crippen MR) is 60.6 cm³/mol. The van der Waals surface area contributed by atoms with Gasteiger partial charge in [-0.05, 0) is 12.5 Å². The first-order valence-corrected chi connectivity index (χ1v) is 5.32. The minimum absolute atomic E-state index is 0.0555. The van der Waals surface area contributed by atoms with Gasteiger partial charge in [0.25, 0.3) is 0 Å². The lowest BCUT2D eigenvalue weighted by atomic mass is 10.2. The van der Waals surface area contributed by atoms with Gasteiger partial charge < -0.3 is 9.67 Å². The summed E-state index contributed by atoms with van der Waals surface area (Å²) in [6.45, 7) is 2.20. The molecule has 0 saturated carbocycles. The van der Waals surface area contributed by atoms with Crippen molar-refractivity contribution in [3.05, 3.63) is 29.6 Å². The molecule has 0 spiro atoms. The Labute approximate surface area is 89.4 Å². The average Bonchev–Trinajstić information content (AvgIpc) is 2.57. The molecule has 0 aliphatic carbocycles. The van der Waals surface area contributed by atoms with Crippen LogP contribution in [0.4, 0.5) is 0 Å². The van der Waals surface area contributed by atoms with Gasteiger partial charge in [0.2, 0.25) is 0 Å². The van der Waals surface area contributed by atoms with Gasteiger partial charge in [0.15, 0.2) is 0 Å². The molecule has 1 aromatic heterocycles. The number of rotatable bonds is 3. The Morgan fingerprint density at radius 1 is 1.40 bits per heavy atom. The van der Waals surface area contributed by atoms with E-state index in [2.05, 4.69) is 16.5 Å². The Hall–Kier alpha value is -1.35. The van der Waals surface area contributed by atoms with E-state index in [9.17, 15) is 5.11 Å². The maximum Gasteiger partial charge on any atom is 0.109 e. The molecule has 0 saturated heterocycles. The fourth-order valence-electron chi connectivity index (χ4n) is 1.90. The number of hydrogen-bond acceptors (Lipinski definition) is 2. The quantitative estimate of drug-likeness (QED) is 0.830. The van der Waals surface area contributed by atoms with Crippen LogP contribution in [0, 0.1) is 0 Å². The molecule has 0 fully saturated rings. The summed E-state index contributed by atoms with van der Waals surface area (Å²) >= 11 is 0. The van der Waals surface area contributed by atoms with Gasteiger partial charge in [-0.2, -0.15) is 0 Å². The second-order valence-electron chi connectivity index (χ2n) is 3.78. The lowest BCUT2D eigenvalue weighted by molar-refractivity contribution is 0.283. The Balaban J connectivity index is 2.64. The first-order valence-electron chi connectivity index (χ1n) is 5.32. The molecule has 0 aliphatic heterocycles. The van der Waals surface area contributed by atoms with Crippen molar-refractivity contribution in [2.45, 2.75) is 26.4 Å². The standard InChI is InChI=1S/C12H16N2O/c1-3-5-11-13-12-9(8-15)6-4-7-10(12)14(11)2/h4,6-7,15H,3,5,8H2,1-2H3. The highest BCUT2D eigenvalue weighted by Gasteiger charge is 2.09. The number of aliphatic hydroxyl groups excluding tert-OH is 1. The van der Waals surface area contributed by atoms with Gasteiger partial charge in [-0.1, -0.05) is 19.1 Å². The second-order valence-corrected chi connectivity index (χ2v) is 3.78. The minimum atomic E-state index is 0.0555. The number of imidazole rings is 1. The number of nitrogens with zero attached hydrogens (tertiary/aromatic N) is 2. The van der Waals surface area contributed by atoms with Gasteiger partial charge in [-0.25, -0.2) is 4.98 Å². The molecule has 15 heavy (non-hydrogen) atoms. The molecule has 3 heteroatoms. The van der Waals surface area contributed by atoms with Gasteiger partial charge >= 0.3 is 0 Å². The number of hydrogen-bond donors (Lipinski definition) is 1. The Morgan fingerprint density at radius 2 is 2.20 bits per heavy atom. The predicted octanol–water partition coefficient (Wildman–Crippen LogP) is 2.02. The molecule has 1 heterocycles. The van der Waals surface area contributed by atoms with Crippen LogP contribution in [-0.2, 0) is 20.1 Å². The van der Waals surface area contributed by atoms with Crippen molar-refractivity contribution in [2.75, 3.05) is 0 Å². The van der Waals surface area contributed by atoms with Gasteiger partial charge in [0, 0.05) is 19.0 Å². The molecule has 1 aromatic carbocycles. The molecule has 1 N–H and O–H groups in total. The molecule has 2 rings (SSSR count). The van der Waals surface area contributed by atoms with Crippen molar-refractivity contribution in [2.24, 2.45) is 7.05 Å². The molecular formula is C12H16N2O. The largest absolute Gasteiger partial charge is 0.392 e. The van der Waals surface area contributed by atoms with Crippen LogP contribution < -0.4 is 0 Å². The second kappa shape index (κ2) is 4.03. The molecule has 0 bridgehead atoms. The lowest BCUT2D eigenvalue weighted by Crippen LogP contribution is -1.96. The molecule has 0 radical (unpaired) electrons. The Bertz CT molecular complexity index is 474. The highest BCUT2D eigenvalue weighted by molar-refractivity contribution is 5.79. The van der Waals surface area contributed by atoms with Crippen molar-refractivity contribution in [3.8, 4) is 0 Å². The van der Waals surface area contributed by atoms with Crippen LogP contribution in [0.3, 0.4) is 0 Å². The van der Waals surface area contributed by atoms with E-state index in [1.165, 1.54) is 0 Å². The first-order chi connectivity index (χ1) is 7.27. The van der Waals surface area contributed by atoms with Crippen LogP contribution in [0.2, 0.25) is 0 Å². The van der Waals surface area contributed by atoms with Crippen molar-refractivity contribution in [1.29, 1.82) is 0 Å². The maximum absolute atomic E-state index is 9.22. The molecular weight excluding hydrogens is 188 g/mol. The van der Waals surface area contributed by atoms with Gasteiger partial charge in [-0.3, -0.25) is 0 Å². The van der Waals surface area contributed by atoms with Crippen LogP contribution in [0.25, 0.3) is 11.0 Å². The number of fused-ring (bicyclic) bond motifs is 1. The molecule has 0 atom stereocenters. The normalized spacial score (nSPS) is 11.1. The van der Waals surface area contributed by atoms with Crippen LogP contribution >= 0.6 is 0 Å². The van der Waals surface area contributed by atoms with E-state index in [0.717, 1.165) is 35.3 Å². The number of aromatic nitrogens is 2. The summed E-state index contributed by atoms with van der Waals surface area (Å²) in [5.74, 6) is 1.09. The number of aryl methyl sites for hydroxylation is 2. The Kier molecular flexibility index (Phi) is 2.73. The number of benzene rings is 1. The highest BCUT2D eigenvalue weighted by Crippen LogP contribution is 2.19. The molecule has 2 aromatic rings. The van der Waals surface area contributed by atoms with Crippen molar-refractivity contribution in [3.63, 3.8) is 0 Å². The third-order valence-electron chi connectivity index (χ3n) is 2.73. The molecule has 0 unspecified atom stereocenters. The van der Waals surface area contributed by atoms with Crippen LogP contribution in [0.1, 0.15) is 24.7 Å². The van der Waals surface area contributed by atoms with Crippen LogP contribution in [0.5, 0.6) is 0 Å². The maximum atomic E-state index is 9.22. The summed E-state index contributed by atoms with van der Waals surface area (Å²) in [4.78, 5) is 4.58. The first kappa shape index (κ1) is 10.2. The number of para-hydroxylation sites is 1. The third kappa shape index (κ3) is 1.63. The highest BCUT2D eigenvalue weighted by atomic mass is 16.3. The zero-order valence-electron chi connectivity index (χ0n) is 9.20. The third-order valence-corrected chi connectivity index (χ3v) is 2.73. The Morgan fingerprint density at radius 3 is 2.87 bits per heavy atom. The van der Waals surface area contributed by atoms with Gasteiger partial charge in [0.1, 0.15) is 5.82 Å². The van der Waals surface area contributed by atoms with Crippen molar-refractivity contribution < 1.29 is 5.11 Å². The summed E-state index contributed by atoms with van der Waals surface area (Å²) in [5, 5.41) is 9.22. The lowest BCUT2D eigenvalue weighted by Gasteiger charge is -1.99. The van der Waals surface area contributed by atoms with E-state index in [1.54, 1.807) is 0 Å². The van der Waals surface area contributed by atoms with Gasteiger partial charge in [-0.15, -0.1) is 0 Å². The van der Waals surface area contributed by atoms with E-state index >= 15 is 0 Å². The number of aliphatic hydroxyl groups is 1. The van der Waals surface area contributed by atoms with Crippen molar-refractivity contribution in [1.82, 2.24) is 9.55 Å². The van der Waals surface area contributed by atoms with Crippen LogP contribution in [0.15, 0.2) is 18.2 Å². The average molecular weight is 204 g/mol.